The quantitative estimate of drug-likeness (QED) is 0.0629. The summed E-state index contributed by atoms with van der Waals surface area (Å²) in [5.74, 6) is -1.14. The molecule has 8 aromatic rings. The molecule has 0 amide bonds. The summed E-state index contributed by atoms with van der Waals surface area (Å²) in [4.78, 5) is 30.6. The molecule has 342 valence electrons. The lowest BCUT2D eigenvalue weighted by atomic mass is 9.80. The fourth-order valence-electron chi connectivity index (χ4n) is 7.60. The molecule has 68 heavy (non-hydrogen) atoms. The van der Waals surface area contributed by atoms with Gasteiger partial charge in [0.05, 0.1) is 54.8 Å². The van der Waals surface area contributed by atoms with Gasteiger partial charge in [-0.3, -0.25) is 14.3 Å². The SMILES string of the molecule is Cc1ccc(S(=O)Nc2cc(Oc3ccc(-c4ccc(O)cc4)cc3)c(N)c3c2C(=O)c2c(NS(=O)(=O)c4ccc(C)cc4)cc(Oc4ccc(-c5ccc(O)cc5)cc4)c(N)c2C3=O)cc1.O. The average molecular weight is 947 g/mol. The number of anilines is 4. The first kappa shape index (κ1) is 46.1. The number of ether oxygens (including phenoxy) is 2. The zero-order chi connectivity index (χ0) is 47.1. The van der Waals surface area contributed by atoms with E-state index in [1.807, 2.05) is 6.92 Å². The van der Waals surface area contributed by atoms with E-state index in [1.165, 1.54) is 24.3 Å². The molecule has 0 bridgehead atoms. The molecule has 0 aliphatic heterocycles. The molecular weight excluding hydrogens is 905 g/mol. The van der Waals surface area contributed by atoms with Crippen molar-refractivity contribution in [3.8, 4) is 56.8 Å². The molecule has 14 nitrogen and oxygen atoms in total. The molecular formula is C52H42N4O10S2. The maximum absolute atomic E-state index is 15.2. The van der Waals surface area contributed by atoms with Gasteiger partial charge in [0.2, 0.25) is 0 Å². The van der Waals surface area contributed by atoms with Gasteiger partial charge in [-0.25, -0.2) is 12.6 Å². The predicted molar refractivity (Wildman–Crippen MR) is 263 cm³/mol. The van der Waals surface area contributed by atoms with Crippen LogP contribution < -0.4 is 30.4 Å². The summed E-state index contributed by atoms with van der Waals surface area (Å²) in [6, 6.07) is 42.5. The number of nitrogens with two attached hydrogens (primary N) is 2. The number of benzene rings is 8. The lowest BCUT2D eigenvalue weighted by Crippen LogP contribution is -2.28. The number of carbonyl (C=O) groups excluding carboxylic acids is 2. The summed E-state index contributed by atoms with van der Waals surface area (Å²) >= 11 is 0. The Bertz CT molecular complexity index is 3380. The van der Waals surface area contributed by atoms with E-state index in [-0.39, 0.29) is 84.1 Å². The summed E-state index contributed by atoms with van der Waals surface area (Å²) < 4.78 is 60.1. The molecule has 1 aliphatic carbocycles. The predicted octanol–water partition coefficient (Wildman–Crippen LogP) is 9.68. The Kier molecular flexibility index (Phi) is 12.5. The lowest BCUT2D eigenvalue weighted by molar-refractivity contribution is 0.0981. The first-order valence-corrected chi connectivity index (χ1v) is 23.3. The number of aromatic hydroxyl groups is 2. The highest BCUT2D eigenvalue weighted by Crippen LogP contribution is 2.48. The Morgan fingerprint density at radius 2 is 0.882 bits per heavy atom. The molecule has 1 atom stereocenters. The van der Waals surface area contributed by atoms with Crippen molar-refractivity contribution in [2.24, 2.45) is 0 Å². The molecule has 9 rings (SSSR count). The van der Waals surface area contributed by atoms with E-state index in [0.29, 0.717) is 10.6 Å². The van der Waals surface area contributed by atoms with Gasteiger partial charge in [-0.1, -0.05) is 83.9 Å². The normalized spacial score (nSPS) is 12.3. The highest BCUT2D eigenvalue weighted by molar-refractivity contribution is 7.92. The van der Waals surface area contributed by atoms with Gasteiger partial charge in [0, 0.05) is 12.1 Å². The van der Waals surface area contributed by atoms with Crippen molar-refractivity contribution in [1.82, 2.24) is 0 Å². The van der Waals surface area contributed by atoms with Gasteiger partial charge < -0.3 is 41.4 Å². The van der Waals surface area contributed by atoms with E-state index in [9.17, 15) is 22.8 Å². The van der Waals surface area contributed by atoms with Crippen LogP contribution in [0.1, 0.15) is 43.0 Å². The van der Waals surface area contributed by atoms with Crippen molar-refractivity contribution in [2.75, 3.05) is 20.9 Å². The zero-order valence-corrected chi connectivity index (χ0v) is 37.9. The van der Waals surface area contributed by atoms with Gasteiger partial charge in [0.1, 0.15) is 34.0 Å². The minimum Gasteiger partial charge on any atom is -0.508 e. The number of phenolic OH excluding ortho intramolecular Hbond substituents is 2. The van der Waals surface area contributed by atoms with Gasteiger partial charge in [0.15, 0.2) is 23.1 Å². The van der Waals surface area contributed by atoms with E-state index in [1.54, 1.807) is 140 Å². The van der Waals surface area contributed by atoms with Gasteiger partial charge in [-0.05, 0) is 109 Å². The molecule has 1 unspecified atom stereocenters. The topological polar surface area (TPSA) is 252 Å². The highest BCUT2D eigenvalue weighted by Gasteiger charge is 2.41. The molecule has 0 spiro atoms. The monoisotopic (exact) mass is 946 g/mol. The van der Waals surface area contributed by atoms with Crippen molar-refractivity contribution in [3.05, 3.63) is 191 Å². The molecule has 1 aliphatic rings. The van der Waals surface area contributed by atoms with Crippen LogP contribution in [0.4, 0.5) is 22.7 Å². The molecule has 0 saturated heterocycles. The number of carbonyl (C=O) groups is 2. The van der Waals surface area contributed by atoms with Crippen molar-refractivity contribution < 1.29 is 47.4 Å². The first-order valence-electron chi connectivity index (χ1n) is 20.6. The molecule has 0 aromatic heterocycles. The Morgan fingerprint density at radius 3 is 1.32 bits per heavy atom. The van der Waals surface area contributed by atoms with Crippen LogP contribution in [0.25, 0.3) is 22.3 Å². The van der Waals surface area contributed by atoms with Crippen molar-refractivity contribution in [1.29, 1.82) is 0 Å². The number of fused-ring (bicyclic) bond motifs is 2. The third-order valence-corrected chi connectivity index (χ3v) is 13.6. The third-order valence-electron chi connectivity index (χ3n) is 11.1. The second-order valence-corrected chi connectivity index (χ2v) is 18.7. The summed E-state index contributed by atoms with van der Waals surface area (Å²) in [7, 11) is -6.41. The smallest absolute Gasteiger partial charge is 0.261 e. The zero-order valence-electron chi connectivity index (χ0n) is 36.2. The van der Waals surface area contributed by atoms with Crippen LogP contribution in [0.2, 0.25) is 0 Å². The molecule has 0 saturated carbocycles. The average Bonchev–Trinajstić information content (AvgIpc) is 3.31. The second kappa shape index (κ2) is 18.4. The van der Waals surface area contributed by atoms with E-state index >= 15 is 9.59 Å². The summed E-state index contributed by atoms with van der Waals surface area (Å²) in [6.45, 7) is 3.68. The number of aryl methyl sites for hydroxylation is 2. The third kappa shape index (κ3) is 9.06. The standard InChI is InChI=1S/C52H40N4O9S2.H2O/c1-29-3-23-39(24-4-29)66(61)55-41-27-43(64-37-19-11-33(12-20-37)31-7-15-35(57)16-8-31)49(53)47-45(41)51(59)46-42(56-67(62,63)40-25-5-30(2)6-26-40)28-44(50(54)48(46)52(47)60)65-38-21-13-34(14-22-38)32-9-17-36(58)18-10-32;/h3-28,55-58H,53-54H2,1-2H3;1H2. The first-order chi connectivity index (χ1) is 32.1. The van der Waals surface area contributed by atoms with Gasteiger partial charge in [0.25, 0.3) is 10.0 Å². The largest absolute Gasteiger partial charge is 0.508 e. The molecule has 8 aromatic carbocycles. The van der Waals surface area contributed by atoms with Crippen LogP contribution in [0.5, 0.6) is 34.5 Å². The number of hydrogen-bond donors (Lipinski definition) is 6. The van der Waals surface area contributed by atoms with E-state index in [4.69, 9.17) is 20.9 Å². The number of nitrogen functional groups attached to an aromatic ring is 2. The van der Waals surface area contributed by atoms with Gasteiger partial charge >= 0.3 is 0 Å². The van der Waals surface area contributed by atoms with Crippen LogP contribution in [0, 0.1) is 13.8 Å². The van der Waals surface area contributed by atoms with Crippen LogP contribution in [0.3, 0.4) is 0 Å². The number of rotatable bonds is 12. The second-order valence-electron chi connectivity index (χ2n) is 15.8. The number of phenols is 2. The summed E-state index contributed by atoms with van der Waals surface area (Å²) in [5, 5.41) is 19.5. The van der Waals surface area contributed by atoms with Crippen molar-refractivity contribution in [3.63, 3.8) is 0 Å². The van der Waals surface area contributed by atoms with E-state index in [2.05, 4.69) is 9.44 Å². The fourth-order valence-corrected chi connectivity index (χ4v) is 9.53. The van der Waals surface area contributed by atoms with Crippen LogP contribution in [-0.4, -0.2) is 39.9 Å². The minimum atomic E-state index is -4.41. The van der Waals surface area contributed by atoms with Gasteiger partial charge in [-0.15, -0.1) is 0 Å². The van der Waals surface area contributed by atoms with Crippen molar-refractivity contribution >= 4 is 55.3 Å². The number of hydrogen-bond acceptors (Lipinski definition) is 11. The fraction of sp³-hybridized carbons (Fsp3) is 0.0385. The maximum Gasteiger partial charge on any atom is 0.261 e. The maximum atomic E-state index is 15.2. The van der Waals surface area contributed by atoms with E-state index < -0.39 is 32.6 Å². The van der Waals surface area contributed by atoms with Crippen LogP contribution >= 0.6 is 0 Å². The van der Waals surface area contributed by atoms with Crippen LogP contribution in [0.15, 0.2) is 168 Å². The van der Waals surface area contributed by atoms with E-state index in [0.717, 1.165) is 33.4 Å². The number of sulfonamides is 1. The van der Waals surface area contributed by atoms with Gasteiger partial charge in [-0.2, -0.15) is 0 Å². The Hall–Kier alpha value is -8.44. The Balaban J connectivity index is 0.00000625. The number of nitrogens with one attached hydrogen (secondary N) is 2. The molecule has 0 fully saturated rings. The summed E-state index contributed by atoms with van der Waals surface area (Å²) in [5.41, 5.74) is 16.3. The molecule has 0 radical (unpaired) electrons. The highest BCUT2D eigenvalue weighted by atomic mass is 32.2. The Morgan fingerprint density at radius 1 is 0.515 bits per heavy atom. The van der Waals surface area contributed by atoms with Crippen LogP contribution in [-0.2, 0) is 21.0 Å². The molecule has 0 heterocycles. The minimum absolute atomic E-state index is 0. The molecule has 10 N–H and O–H groups in total. The Labute approximate surface area is 393 Å². The summed E-state index contributed by atoms with van der Waals surface area (Å²) in [6.07, 6.45) is 0. The number of ketones is 2. The van der Waals surface area contributed by atoms with Crippen molar-refractivity contribution in [2.45, 2.75) is 23.6 Å². The lowest BCUT2D eigenvalue weighted by Gasteiger charge is -2.27. The molecule has 16 heteroatoms.